The molecule has 2 heterocycles. The van der Waals surface area contributed by atoms with Gasteiger partial charge in [0.05, 0.1) is 17.6 Å². The highest BCUT2D eigenvalue weighted by Gasteiger charge is 2.29. The lowest BCUT2D eigenvalue weighted by Crippen LogP contribution is -2.51. The van der Waals surface area contributed by atoms with Crippen LogP contribution in [0.15, 0.2) is 6.20 Å². The van der Waals surface area contributed by atoms with Crippen molar-refractivity contribution in [1.29, 1.82) is 0 Å². The quantitative estimate of drug-likeness (QED) is 0.777. The summed E-state index contributed by atoms with van der Waals surface area (Å²) in [6.45, 7) is 3.20. The first-order valence-corrected chi connectivity index (χ1v) is 8.12. The van der Waals surface area contributed by atoms with Gasteiger partial charge in [-0.1, -0.05) is 6.92 Å². The van der Waals surface area contributed by atoms with Crippen LogP contribution in [-0.2, 0) is 10.0 Å². The van der Waals surface area contributed by atoms with E-state index in [4.69, 9.17) is 5.73 Å². The van der Waals surface area contributed by atoms with Gasteiger partial charge in [0, 0.05) is 26.2 Å². The molecule has 1 fully saturated rings. The van der Waals surface area contributed by atoms with Gasteiger partial charge < -0.3 is 10.6 Å². The number of hydrogen-bond donors (Lipinski definition) is 2. The zero-order valence-electron chi connectivity index (χ0n) is 11.4. The Morgan fingerprint density at radius 2 is 2.05 bits per heavy atom. The summed E-state index contributed by atoms with van der Waals surface area (Å²) in [6, 6.07) is 0. The van der Waals surface area contributed by atoms with Crippen molar-refractivity contribution in [2.24, 2.45) is 0 Å². The number of sulfonamides is 1. The minimum absolute atomic E-state index is 0.147. The standard InChI is InChI=1S/C11H19N5O3S/c1-2-7-20(18,19)16-5-3-15(4-6-16)11(17)10-9(12)8-13-14-10/h8H,2-7,12H2,1H3,(H,13,14). The summed E-state index contributed by atoms with van der Waals surface area (Å²) in [4.78, 5) is 13.8. The van der Waals surface area contributed by atoms with Crippen LogP contribution in [0.1, 0.15) is 23.8 Å². The topological polar surface area (TPSA) is 112 Å². The van der Waals surface area contributed by atoms with Gasteiger partial charge in [0.25, 0.3) is 5.91 Å². The molecular weight excluding hydrogens is 282 g/mol. The molecule has 1 aliphatic rings. The van der Waals surface area contributed by atoms with Crippen molar-refractivity contribution in [3.63, 3.8) is 0 Å². The van der Waals surface area contributed by atoms with Crippen LogP contribution < -0.4 is 5.73 Å². The van der Waals surface area contributed by atoms with Gasteiger partial charge >= 0.3 is 0 Å². The summed E-state index contributed by atoms with van der Waals surface area (Å²) < 4.78 is 25.3. The number of carbonyl (C=O) groups excluding carboxylic acids is 1. The largest absolute Gasteiger partial charge is 0.396 e. The molecule has 1 aromatic heterocycles. The Labute approximate surface area is 118 Å². The van der Waals surface area contributed by atoms with Crippen molar-refractivity contribution in [3.8, 4) is 0 Å². The van der Waals surface area contributed by atoms with Crippen LogP contribution in [-0.4, -0.2) is 65.7 Å². The first-order chi connectivity index (χ1) is 9.45. The molecule has 1 aromatic rings. The van der Waals surface area contributed by atoms with E-state index in [1.807, 2.05) is 6.92 Å². The summed E-state index contributed by atoms with van der Waals surface area (Å²) >= 11 is 0. The van der Waals surface area contributed by atoms with Crippen LogP contribution in [0.2, 0.25) is 0 Å². The number of aromatic nitrogens is 2. The predicted molar refractivity (Wildman–Crippen MR) is 74.6 cm³/mol. The number of aromatic amines is 1. The normalized spacial score (nSPS) is 17.4. The molecule has 0 unspecified atom stereocenters. The third kappa shape index (κ3) is 2.93. The summed E-state index contributed by atoms with van der Waals surface area (Å²) in [5, 5.41) is 6.28. The number of H-pyrrole nitrogens is 1. The number of nitrogens with one attached hydrogen (secondary N) is 1. The van der Waals surface area contributed by atoms with Crippen molar-refractivity contribution >= 4 is 21.6 Å². The van der Waals surface area contributed by atoms with E-state index in [-0.39, 0.29) is 17.4 Å². The Bertz CT molecular complexity index is 575. The molecule has 0 bridgehead atoms. The Morgan fingerprint density at radius 3 is 2.55 bits per heavy atom. The zero-order valence-corrected chi connectivity index (χ0v) is 12.2. The lowest BCUT2D eigenvalue weighted by atomic mass is 10.3. The molecule has 0 spiro atoms. The fourth-order valence-corrected chi connectivity index (χ4v) is 3.68. The number of rotatable bonds is 4. The number of hydrogen-bond acceptors (Lipinski definition) is 5. The lowest BCUT2D eigenvalue weighted by Gasteiger charge is -2.33. The molecule has 0 radical (unpaired) electrons. The SMILES string of the molecule is CCCS(=O)(=O)N1CCN(C(=O)c2[nH]ncc2N)CC1. The first kappa shape index (κ1) is 14.8. The Morgan fingerprint density at radius 1 is 1.40 bits per heavy atom. The van der Waals surface area contributed by atoms with Crippen LogP contribution in [0.3, 0.4) is 0 Å². The molecule has 8 nitrogen and oxygen atoms in total. The molecular formula is C11H19N5O3S. The van der Waals surface area contributed by atoms with Crippen LogP contribution >= 0.6 is 0 Å². The van der Waals surface area contributed by atoms with E-state index in [0.717, 1.165) is 0 Å². The Balaban J connectivity index is 1.98. The molecule has 20 heavy (non-hydrogen) atoms. The van der Waals surface area contributed by atoms with Gasteiger partial charge in [-0.3, -0.25) is 9.89 Å². The number of amides is 1. The number of nitrogens with two attached hydrogens (primary N) is 1. The van der Waals surface area contributed by atoms with Gasteiger partial charge in [-0.05, 0) is 6.42 Å². The number of anilines is 1. The number of nitrogens with zero attached hydrogens (tertiary/aromatic N) is 3. The zero-order chi connectivity index (χ0) is 14.8. The summed E-state index contributed by atoms with van der Waals surface area (Å²) in [5.74, 6) is -0.0958. The van der Waals surface area contributed by atoms with Crippen molar-refractivity contribution < 1.29 is 13.2 Å². The highest BCUT2D eigenvalue weighted by Crippen LogP contribution is 2.14. The van der Waals surface area contributed by atoms with Crippen LogP contribution in [0.4, 0.5) is 5.69 Å². The predicted octanol–water partition coefficient (Wildman–Crippen LogP) is -0.510. The van der Waals surface area contributed by atoms with E-state index in [1.165, 1.54) is 10.5 Å². The molecule has 3 N–H and O–H groups in total. The minimum atomic E-state index is -3.19. The first-order valence-electron chi connectivity index (χ1n) is 6.51. The maximum Gasteiger partial charge on any atom is 0.274 e. The van der Waals surface area contributed by atoms with E-state index in [1.54, 1.807) is 4.90 Å². The summed E-state index contributed by atoms with van der Waals surface area (Å²) in [6.07, 6.45) is 1.97. The highest BCUT2D eigenvalue weighted by atomic mass is 32.2. The van der Waals surface area contributed by atoms with Crippen LogP contribution in [0, 0.1) is 0 Å². The molecule has 9 heteroatoms. The molecule has 1 amide bonds. The summed E-state index contributed by atoms with van der Waals surface area (Å²) in [5.41, 5.74) is 6.20. The monoisotopic (exact) mass is 301 g/mol. The number of piperazine rings is 1. The third-order valence-electron chi connectivity index (χ3n) is 3.26. The second-order valence-corrected chi connectivity index (χ2v) is 6.80. The van der Waals surface area contributed by atoms with E-state index in [2.05, 4.69) is 10.2 Å². The van der Waals surface area contributed by atoms with Crippen LogP contribution in [0.25, 0.3) is 0 Å². The lowest BCUT2D eigenvalue weighted by molar-refractivity contribution is 0.0693. The summed E-state index contributed by atoms with van der Waals surface area (Å²) in [7, 11) is -3.19. The maximum absolute atomic E-state index is 12.2. The Kier molecular flexibility index (Phi) is 4.29. The van der Waals surface area contributed by atoms with E-state index in [9.17, 15) is 13.2 Å². The van der Waals surface area contributed by atoms with Crippen molar-refractivity contribution in [2.45, 2.75) is 13.3 Å². The average Bonchev–Trinajstić information content (AvgIpc) is 2.84. The molecule has 1 aliphatic heterocycles. The average molecular weight is 301 g/mol. The van der Waals surface area contributed by atoms with Crippen molar-refractivity contribution in [2.75, 3.05) is 37.7 Å². The number of carbonyl (C=O) groups is 1. The van der Waals surface area contributed by atoms with Gasteiger partial charge in [0.2, 0.25) is 10.0 Å². The molecule has 112 valence electrons. The van der Waals surface area contributed by atoms with E-state index in [0.29, 0.717) is 38.3 Å². The molecule has 0 aromatic carbocycles. The number of nitrogen functional groups attached to an aromatic ring is 1. The fourth-order valence-electron chi connectivity index (χ4n) is 2.18. The smallest absolute Gasteiger partial charge is 0.274 e. The van der Waals surface area contributed by atoms with Crippen molar-refractivity contribution in [3.05, 3.63) is 11.9 Å². The van der Waals surface area contributed by atoms with Crippen LogP contribution in [0.5, 0.6) is 0 Å². The molecule has 1 saturated heterocycles. The Hall–Kier alpha value is -1.61. The fraction of sp³-hybridized carbons (Fsp3) is 0.636. The van der Waals surface area contributed by atoms with Crippen molar-refractivity contribution in [1.82, 2.24) is 19.4 Å². The minimum Gasteiger partial charge on any atom is -0.396 e. The molecule has 0 aliphatic carbocycles. The van der Waals surface area contributed by atoms with Gasteiger partial charge in [-0.25, -0.2) is 8.42 Å². The third-order valence-corrected chi connectivity index (χ3v) is 5.34. The maximum atomic E-state index is 12.2. The van der Waals surface area contributed by atoms with Gasteiger partial charge in [0.15, 0.2) is 0 Å². The van der Waals surface area contributed by atoms with E-state index < -0.39 is 10.0 Å². The highest BCUT2D eigenvalue weighted by molar-refractivity contribution is 7.89. The molecule has 0 saturated carbocycles. The molecule has 2 rings (SSSR count). The second kappa shape index (κ2) is 5.80. The van der Waals surface area contributed by atoms with E-state index >= 15 is 0 Å². The van der Waals surface area contributed by atoms with Gasteiger partial charge in [0.1, 0.15) is 5.69 Å². The van der Waals surface area contributed by atoms with Gasteiger partial charge in [-0.15, -0.1) is 0 Å². The molecule has 0 atom stereocenters. The second-order valence-electron chi connectivity index (χ2n) is 4.71. The van der Waals surface area contributed by atoms with Gasteiger partial charge in [-0.2, -0.15) is 9.40 Å².